The van der Waals surface area contributed by atoms with Gasteiger partial charge in [0.2, 0.25) is 10.0 Å². The van der Waals surface area contributed by atoms with Crippen LogP contribution in [0, 0.1) is 0 Å². The molecule has 28 heavy (non-hydrogen) atoms. The fourth-order valence-corrected chi connectivity index (χ4v) is 2.95. The van der Waals surface area contributed by atoms with Crippen molar-refractivity contribution in [2.75, 3.05) is 18.0 Å². The third-order valence-corrected chi connectivity index (χ3v) is 4.20. The SMILES string of the molecule is CN(Cc1ccc(OC(F)F)cc1)C(=O)NCc1cccc(NS(C)(=O)=O)c1. The largest absolute Gasteiger partial charge is 0.435 e. The highest BCUT2D eigenvalue weighted by Crippen LogP contribution is 2.16. The van der Waals surface area contributed by atoms with Crippen LogP contribution in [0.5, 0.6) is 5.75 Å². The van der Waals surface area contributed by atoms with Crippen molar-refractivity contribution in [3.05, 3.63) is 59.7 Å². The second kappa shape index (κ2) is 9.36. The van der Waals surface area contributed by atoms with Gasteiger partial charge in [-0.1, -0.05) is 24.3 Å². The first-order valence-corrected chi connectivity index (χ1v) is 10.1. The zero-order valence-electron chi connectivity index (χ0n) is 15.4. The van der Waals surface area contributed by atoms with Crippen LogP contribution >= 0.6 is 0 Å². The van der Waals surface area contributed by atoms with Crippen molar-refractivity contribution < 1.29 is 26.7 Å². The summed E-state index contributed by atoms with van der Waals surface area (Å²) in [5.74, 6) is 0.0495. The Kier molecular flexibility index (Phi) is 7.16. The standard InChI is InChI=1S/C18H21F2N3O4S/c1-23(12-13-6-8-16(9-7-13)27-17(19)20)18(24)21-11-14-4-3-5-15(10-14)22-28(2,25)26/h3-10,17,22H,11-12H2,1-2H3,(H,21,24). The third-order valence-electron chi connectivity index (χ3n) is 3.59. The molecule has 7 nitrogen and oxygen atoms in total. The van der Waals surface area contributed by atoms with E-state index >= 15 is 0 Å². The highest BCUT2D eigenvalue weighted by molar-refractivity contribution is 7.92. The van der Waals surface area contributed by atoms with Crippen LogP contribution in [0.4, 0.5) is 19.3 Å². The Hall–Kier alpha value is -2.88. The molecule has 0 bridgehead atoms. The van der Waals surface area contributed by atoms with E-state index in [1.165, 1.54) is 17.0 Å². The maximum absolute atomic E-state index is 12.2. The fraction of sp³-hybridized carbons (Fsp3) is 0.278. The van der Waals surface area contributed by atoms with Crippen LogP contribution in [-0.2, 0) is 23.1 Å². The summed E-state index contributed by atoms with van der Waals surface area (Å²) in [6.07, 6.45) is 1.06. The molecule has 2 N–H and O–H groups in total. The molecule has 0 aliphatic rings. The number of carbonyl (C=O) groups is 1. The number of ether oxygens (including phenoxy) is 1. The summed E-state index contributed by atoms with van der Waals surface area (Å²) >= 11 is 0. The molecule has 2 rings (SSSR count). The summed E-state index contributed by atoms with van der Waals surface area (Å²) in [6.45, 7) is -2.40. The normalized spacial score (nSPS) is 11.2. The van der Waals surface area contributed by atoms with Gasteiger partial charge in [0.15, 0.2) is 0 Å². The van der Waals surface area contributed by atoms with Crippen LogP contribution in [0.2, 0.25) is 0 Å². The van der Waals surface area contributed by atoms with Crippen molar-refractivity contribution in [3.8, 4) is 5.75 Å². The maximum atomic E-state index is 12.2. The molecule has 2 amide bonds. The minimum Gasteiger partial charge on any atom is -0.435 e. The molecule has 2 aromatic carbocycles. The van der Waals surface area contributed by atoms with E-state index in [-0.39, 0.29) is 24.9 Å². The molecule has 0 radical (unpaired) electrons. The van der Waals surface area contributed by atoms with Gasteiger partial charge >= 0.3 is 12.6 Å². The summed E-state index contributed by atoms with van der Waals surface area (Å²) in [5, 5.41) is 2.73. The Balaban J connectivity index is 1.88. The lowest BCUT2D eigenvalue weighted by Crippen LogP contribution is -2.36. The van der Waals surface area contributed by atoms with Crippen LogP contribution in [0.3, 0.4) is 0 Å². The Bertz CT molecular complexity index is 905. The Labute approximate surface area is 162 Å². The Morgan fingerprint density at radius 1 is 1.14 bits per heavy atom. The Morgan fingerprint density at radius 2 is 1.82 bits per heavy atom. The number of anilines is 1. The number of benzene rings is 2. The van der Waals surface area contributed by atoms with E-state index in [0.29, 0.717) is 5.69 Å². The first kappa shape index (κ1) is 21.4. The van der Waals surface area contributed by atoms with Crippen molar-refractivity contribution >= 4 is 21.7 Å². The van der Waals surface area contributed by atoms with Gasteiger partial charge in [-0.05, 0) is 35.4 Å². The number of carbonyl (C=O) groups excluding carboxylic acids is 1. The monoisotopic (exact) mass is 413 g/mol. The lowest BCUT2D eigenvalue weighted by Gasteiger charge is -2.18. The zero-order chi connectivity index (χ0) is 20.7. The topological polar surface area (TPSA) is 87.7 Å². The van der Waals surface area contributed by atoms with Gasteiger partial charge in [-0.3, -0.25) is 4.72 Å². The first-order chi connectivity index (χ1) is 13.1. The average Bonchev–Trinajstić information content (AvgIpc) is 2.59. The molecule has 0 saturated heterocycles. The van der Waals surface area contributed by atoms with Gasteiger partial charge in [-0.2, -0.15) is 8.78 Å². The second-order valence-corrected chi connectivity index (χ2v) is 7.86. The number of sulfonamides is 1. The summed E-state index contributed by atoms with van der Waals surface area (Å²) < 4.78 is 53.5. The van der Waals surface area contributed by atoms with Crippen molar-refractivity contribution in [1.29, 1.82) is 0 Å². The van der Waals surface area contributed by atoms with Crippen molar-refractivity contribution in [3.63, 3.8) is 0 Å². The molecule has 0 heterocycles. The van der Waals surface area contributed by atoms with Gasteiger partial charge < -0.3 is 15.0 Å². The number of urea groups is 1. The lowest BCUT2D eigenvalue weighted by atomic mass is 10.2. The van der Waals surface area contributed by atoms with Crippen LogP contribution in [0.15, 0.2) is 48.5 Å². The number of hydrogen-bond donors (Lipinski definition) is 2. The number of halogens is 2. The quantitative estimate of drug-likeness (QED) is 0.697. The van der Waals surface area contributed by atoms with Gasteiger partial charge in [0.05, 0.1) is 6.26 Å². The third kappa shape index (κ3) is 7.39. The predicted molar refractivity (Wildman–Crippen MR) is 102 cm³/mol. The van der Waals surface area contributed by atoms with E-state index in [2.05, 4.69) is 14.8 Å². The summed E-state index contributed by atoms with van der Waals surface area (Å²) in [6, 6.07) is 12.4. The van der Waals surface area contributed by atoms with E-state index < -0.39 is 16.6 Å². The van der Waals surface area contributed by atoms with Crippen LogP contribution in [0.1, 0.15) is 11.1 Å². The molecule has 10 heteroatoms. The number of hydrogen-bond acceptors (Lipinski definition) is 4. The number of nitrogens with one attached hydrogen (secondary N) is 2. The number of alkyl halides is 2. The Morgan fingerprint density at radius 3 is 2.43 bits per heavy atom. The molecule has 152 valence electrons. The van der Waals surface area contributed by atoms with E-state index in [1.807, 2.05) is 0 Å². The van der Waals surface area contributed by atoms with Crippen molar-refractivity contribution in [2.24, 2.45) is 0 Å². The predicted octanol–water partition coefficient (Wildman–Crippen LogP) is 3.00. The molecule has 2 aromatic rings. The molecule has 0 aromatic heterocycles. The number of nitrogens with zero attached hydrogens (tertiary/aromatic N) is 1. The highest BCUT2D eigenvalue weighted by atomic mass is 32.2. The fourth-order valence-electron chi connectivity index (χ4n) is 2.39. The molecular formula is C18H21F2N3O4S. The molecule has 0 spiro atoms. The van der Waals surface area contributed by atoms with E-state index in [9.17, 15) is 22.0 Å². The van der Waals surface area contributed by atoms with Crippen molar-refractivity contribution in [2.45, 2.75) is 19.7 Å². The highest BCUT2D eigenvalue weighted by Gasteiger charge is 2.10. The van der Waals surface area contributed by atoms with Gasteiger partial charge in [-0.15, -0.1) is 0 Å². The average molecular weight is 413 g/mol. The lowest BCUT2D eigenvalue weighted by molar-refractivity contribution is -0.0498. The first-order valence-electron chi connectivity index (χ1n) is 8.22. The van der Waals surface area contributed by atoms with Crippen LogP contribution < -0.4 is 14.8 Å². The van der Waals surface area contributed by atoms with E-state index in [4.69, 9.17) is 0 Å². The molecule has 0 aliphatic carbocycles. The minimum absolute atomic E-state index is 0.0495. The molecular weight excluding hydrogens is 392 g/mol. The maximum Gasteiger partial charge on any atom is 0.387 e. The van der Waals surface area contributed by atoms with Gasteiger partial charge in [0.25, 0.3) is 0 Å². The van der Waals surface area contributed by atoms with Crippen LogP contribution in [0.25, 0.3) is 0 Å². The molecule has 0 aliphatic heterocycles. The zero-order valence-corrected chi connectivity index (χ0v) is 16.2. The molecule has 0 fully saturated rings. The van der Waals surface area contributed by atoms with Crippen LogP contribution in [-0.4, -0.2) is 39.3 Å². The summed E-state index contributed by atoms with van der Waals surface area (Å²) in [7, 11) is -1.78. The molecule has 0 saturated carbocycles. The van der Waals surface area contributed by atoms with Gasteiger partial charge in [0, 0.05) is 25.8 Å². The molecule has 0 atom stereocenters. The van der Waals surface area contributed by atoms with Crippen molar-refractivity contribution in [1.82, 2.24) is 10.2 Å². The van der Waals surface area contributed by atoms with E-state index in [0.717, 1.165) is 17.4 Å². The summed E-state index contributed by atoms with van der Waals surface area (Å²) in [4.78, 5) is 13.7. The molecule has 0 unspecified atom stereocenters. The van der Waals surface area contributed by atoms with Gasteiger partial charge in [-0.25, -0.2) is 13.2 Å². The van der Waals surface area contributed by atoms with Gasteiger partial charge in [0.1, 0.15) is 5.75 Å². The number of rotatable bonds is 8. The smallest absolute Gasteiger partial charge is 0.387 e. The summed E-state index contributed by atoms with van der Waals surface area (Å²) in [5.41, 5.74) is 1.89. The van der Waals surface area contributed by atoms with E-state index in [1.54, 1.807) is 43.4 Å². The number of amides is 2. The second-order valence-electron chi connectivity index (χ2n) is 6.11. The minimum atomic E-state index is -3.38.